The van der Waals surface area contributed by atoms with Gasteiger partial charge in [0.05, 0.1) is 0 Å². The molecule has 2 aromatic carbocycles. The smallest absolute Gasteiger partial charge is 0.197 e. The van der Waals surface area contributed by atoms with Crippen LogP contribution in [-0.2, 0) is 6.42 Å². The summed E-state index contributed by atoms with van der Waals surface area (Å²) in [4.78, 5) is 4.36. The molecule has 1 atom stereocenters. The van der Waals surface area contributed by atoms with E-state index in [1.165, 1.54) is 6.07 Å². The number of nitrogens with zero attached hydrogens (tertiary/aromatic N) is 1. The van der Waals surface area contributed by atoms with Crippen LogP contribution < -0.4 is 5.32 Å². The van der Waals surface area contributed by atoms with Crippen molar-refractivity contribution in [1.29, 1.82) is 0 Å². The zero-order chi connectivity index (χ0) is 14.8. The Labute approximate surface area is 120 Å². The molecular formula is C16H14F2N2O. The van der Waals surface area contributed by atoms with E-state index in [9.17, 15) is 8.78 Å². The summed E-state index contributed by atoms with van der Waals surface area (Å²) >= 11 is 0. The first-order chi connectivity index (χ1) is 10.2. The van der Waals surface area contributed by atoms with Crippen molar-refractivity contribution in [3.8, 4) is 0 Å². The largest absolute Gasteiger partial charge is 0.441 e. The number of oxazole rings is 1. The highest BCUT2D eigenvalue weighted by Crippen LogP contribution is 2.23. The van der Waals surface area contributed by atoms with Gasteiger partial charge in [0.15, 0.2) is 11.5 Å². The lowest BCUT2D eigenvalue weighted by Crippen LogP contribution is -2.20. The van der Waals surface area contributed by atoms with Crippen LogP contribution in [0.3, 0.4) is 0 Å². The van der Waals surface area contributed by atoms with Crippen LogP contribution in [0.15, 0.2) is 46.9 Å². The lowest BCUT2D eigenvalue weighted by Gasteiger charge is -2.15. The fourth-order valence-corrected chi connectivity index (χ4v) is 2.33. The van der Waals surface area contributed by atoms with Gasteiger partial charge in [-0.2, -0.15) is 0 Å². The maximum atomic E-state index is 13.9. The van der Waals surface area contributed by atoms with E-state index < -0.39 is 17.7 Å². The molecular weight excluding hydrogens is 274 g/mol. The summed E-state index contributed by atoms with van der Waals surface area (Å²) in [5.41, 5.74) is 1.70. The van der Waals surface area contributed by atoms with Crippen LogP contribution in [0.1, 0.15) is 17.5 Å². The molecule has 1 heterocycles. The second-order valence-electron chi connectivity index (χ2n) is 4.79. The normalized spacial score (nSPS) is 12.7. The van der Waals surface area contributed by atoms with Gasteiger partial charge < -0.3 is 9.73 Å². The molecule has 3 rings (SSSR count). The Morgan fingerprint density at radius 3 is 2.76 bits per heavy atom. The molecule has 0 saturated carbocycles. The van der Waals surface area contributed by atoms with Crippen LogP contribution in [0.5, 0.6) is 0 Å². The second-order valence-corrected chi connectivity index (χ2v) is 4.79. The molecule has 1 N–H and O–H groups in total. The molecule has 5 heteroatoms. The van der Waals surface area contributed by atoms with E-state index >= 15 is 0 Å². The van der Waals surface area contributed by atoms with E-state index in [1.807, 2.05) is 24.3 Å². The quantitative estimate of drug-likeness (QED) is 0.797. The molecule has 21 heavy (non-hydrogen) atoms. The molecule has 0 bridgehead atoms. The molecule has 0 radical (unpaired) electrons. The van der Waals surface area contributed by atoms with Crippen molar-refractivity contribution in [2.24, 2.45) is 0 Å². The first kappa shape index (κ1) is 13.7. The zero-order valence-corrected chi connectivity index (χ0v) is 11.4. The number of para-hydroxylation sites is 2. The number of halogens is 2. The maximum Gasteiger partial charge on any atom is 0.197 e. The number of benzene rings is 2. The van der Waals surface area contributed by atoms with Gasteiger partial charge in [-0.25, -0.2) is 13.8 Å². The van der Waals surface area contributed by atoms with Gasteiger partial charge in [-0.05, 0) is 37.4 Å². The zero-order valence-electron chi connectivity index (χ0n) is 11.4. The molecule has 0 amide bonds. The Kier molecular flexibility index (Phi) is 3.66. The lowest BCUT2D eigenvalue weighted by atomic mass is 10.0. The monoisotopic (exact) mass is 288 g/mol. The van der Waals surface area contributed by atoms with Crippen LogP contribution in [0.4, 0.5) is 8.78 Å². The number of likely N-dealkylation sites (N-methyl/N-ethyl adjacent to an activating group) is 1. The third kappa shape index (κ3) is 2.78. The van der Waals surface area contributed by atoms with E-state index in [4.69, 9.17) is 4.42 Å². The standard InChI is InChI=1S/C16H14F2N2O/c1-19-14(11-8-10(17)6-7-12(11)18)9-16-20-13-4-2-3-5-15(13)21-16/h2-8,14,19H,9H2,1H3. The molecule has 0 aliphatic heterocycles. The summed E-state index contributed by atoms with van der Waals surface area (Å²) < 4.78 is 32.8. The van der Waals surface area contributed by atoms with E-state index in [0.29, 0.717) is 17.9 Å². The van der Waals surface area contributed by atoms with Crippen molar-refractivity contribution in [1.82, 2.24) is 10.3 Å². The first-order valence-corrected chi connectivity index (χ1v) is 6.64. The van der Waals surface area contributed by atoms with E-state index in [-0.39, 0.29) is 5.56 Å². The van der Waals surface area contributed by atoms with Crippen molar-refractivity contribution in [3.63, 3.8) is 0 Å². The van der Waals surface area contributed by atoms with Gasteiger partial charge in [0, 0.05) is 18.0 Å². The van der Waals surface area contributed by atoms with Gasteiger partial charge in [0.25, 0.3) is 0 Å². The molecule has 0 spiro atoms. The molecule has 3 nitrogen and oxygen atoms in total. The molecule has 0 aliphatic carbocycles. The second kappa shape index (κ2) is 5.61. The fraction of sp³-hybridized carbons (Fsp3) is 0.188. The Morgan fingerprint density at radius 1 is 1.19 bits per heavy atom. The number of hydrogen-bond donors (Lipinski definition) is 1. The molecule has 108 valence electrons. The number of hydrogen-bond acceptors (Lipinski definition) is 3. The molecule has 0 aliphatic rings. The average molecular weight is 288 g/mol. The van der Waals surface area contributed by atoms with Gasteiger partial charge in [-0.15, -0.1) is 0 Å². The van der Waals surface area contributed by atoms with Crippen LogP contribution in [0, 0.1) is 11.6 Å². The van der Waals surface area contributed by atoms with Crippen molar-refractivity contribution in [3.05, 3.63) is 65.6 Å². The predicted molar refractivity (Wildman–Crippen MR) is 75.9 cm³/mol. The lowest BCUT2D eigenvalue weighted by molar-refractivity contribution is 0.458. The summed E-state index contributed by atoms with van der Waals surface area (Å²) in [6.45, 7) is 0. The summed E-state index contributed by atoms with van der Waals surface area (Å²) in [5.74, 6) is -0.435. The fourth-order valence-electron chi connectivity index (χ4n) is 2.33. The number of aromatic nitrogens is 1. The van der Waals surface area contributed by atoms with Crippen LogP contribution in [0.25, 0.3) is 11.1 Å². The minimum absolute atomic E-state index is 0.264. The summed E-state index contributed by atoms with van der Waals surface area (Å²) in [5, 5.41) is 2.97. The van der Waals surface area contributed by atoms with E-state index in [1.54, 1.807) is 7.05 Å². The minimum Gasteiger partial charge on any atom is -0.441 e. The maximum absolute atomic E-state index is 13.9. The molecule has 1 aromatic heterocycles. The Morgan fingerprint density at radius 2 is 2.00 bits per heavy atom. The van der Waals surface area contributed by atoms with Crippen molar-refractivity contribution in [2.75, 3.05) is 7.05 Å². The van der Waals surface area contributed by atoms with Gasteiger partial charge in [-0.1, -0.05) is 12.1 Å². The minimum atomic E-state index is -0.468. The van der Waals surface area contributed by atoms with Crippen LogP contribution in [0.2, 0.25) is 0 Å². The van der Waals surface area contributed by atoms with Gasteiger partial charge in [0.1, 0.15) is 17.2 Å². The highest BCUT2D eigenvalue weighted by molar-refractivity contribution is 5.72. The van der Waals surface area contributed by atoms with E-state index in [0.717, 1.165) is 17.6 Å². The highest BCUT2D eigenvalue weighted by Gasteiger charge is 2.18. The predicted octanol–water partition coefficient (Wildman–Crippen LogP) is 3.61. The number of fused-ring (bicyclic) bond motifs is 1. The average Bonchev–Trinajstić information content (AvgIpc) is 2.90. The van der Waals surface area contributed by atoms with Gasteiger partial charge >= 0.3 is 0 Å². The van der Waals surface area contributed by atoms with Gasteiger partial charge in [-0.3, -0.25) is 0 Å². The number of rotatable bonds is 4. The Balaban J connectivity index is 1.91. The van der Waals surface area contributed by atoms with Crippen LogP contribution in [-0.4, -0.2) is 12.0 Å². The highest BCUT2D eigenvalue weighted by atomic mass is 19.1. The molecule has 0 fully saturated rings. The van der Waals surface area contributed by atoms with Crippen LogP contribution >= 0.6 is 0 Å². The number of nitrogens with one attached hydrogen (secondary N) is 1. The van der Waals surface area contributed by atoms with Gasteiger partial charge in [0.2, 0.25) is 0 Å². The van der Waals surface area contributed by atoms with Crippen molar-refractivity contribution < 1.29 is 13.2 Å². The Bertz CT molecular complexity index is 737. The topological polar surface area (TPSA) is 38.1 Å². The molecule has 3 aromatic rings. The first-order valence-electron chi connectivity index (χ1n) is 6.64. The SMILES string of the molecule is CNC(Cc1nc2ccccc2o1)c1cc(F)ccc1F. The Hall–Kier alpha value is -2.27. The van der Waals surface area contributed by atoms with Crippen molar-refractivity contribution >= 4 is 11.1 Å². The summed E-state index contributed by atoms with van der Waals surface area (Å²) in [7, 11) is 1.69. The van der Waals surface area contributed by atoms with E-state index in [2.05, 4.69) is 10.3 Å². The van der Waals surface area contributed by atoms with Crippen molar-refractivity contribution in [2.45, 2.75) is 12.5 Å². The molecule has 0 saturated heterocycles. The summed E-state index contributed by atoms with van der Waals surface area (Å²) in [6, 6.07) is 10.4. The summed E-state index contributed by atoms with van der Waals surface area (Å²) in [6.07, 6.45) is 0.339. The third-order valence-electron chi connectivity index (χ3n) is 3.40. The molecule has 1 unspecified atom stereocenters. The third-order valence-corrected chi connectivity index (χ3v) is 3.40.